The van der Waals surface area contributed by atoms with Gasteiger partial charge in [-0.2, -0.15) is 5.10 Å². The van der Waals surface area contributed by atoms with Crippen LogP contribution in [0.25, 0.3) is 16.9 Å². The Hall–Kier alpha value is -3.43. The molecular weight excluding hydrogens is 489 g/mol. The fourth-order valence-corrected chi connectivity index (χ4v) is 4.66. The Morgan fingerprint density at radius 1 is 1.16 bits per heavy atom. The number of aliphatic hydroxyl groups is 1. The summed E-state index contributed by atoms with van der Waals surface area (Å²) in [6.07, 6.45) is 2.59. The largest absolute Gasteiger partial charge is 0.389 e. The van der Waals surface area contributed by atoms with Gasteiger partial charge in [0.25, 0.3) is 5.91 Å². The molecule has 2 aromatic carbocycles. The van der Waals surface area contributed by atoms with Crippen molar-refractivity contribution in [3.63, 3.8) is 0 Å². The molecule has 37 heavy (non-hydrogen) atoms. The van der Waals surface area contributed by atoms with E-state index < -0.39 is 5.60 Å². The second-order valence-corrected chi connectivity index (χ2v) is 10.8. The monoisotopic (exact) mass is 521 g/mol. The molecule has 4 rings (SSSR count). The van der Waals surface area contributed by atoms with Gasteiger partial charge < -0.3 is 15.7 Å². The first-order chi connectivity index (χ1) is 17.6. The Bertz CT molecular complexity index is 1440. The number of aryl methyl sites for hydroxylation is 2. The number of carbonyl (C=O) groups excluding carboxylic acids is 1. The summed E-state index contributed by atoms with van der Waals surface area (Å²) in [4.78, 5) is 17.6. The van der Waals surface area contributed by atoms with Gasteiger partial charge in [0.2, 0.25) is 0 Å². The van der Waals surface area contributed by atoms with Crippen LogP contribution >= 0.6 is 11.8 Å². The Labute approximate surface area is 220 Å². The van der Waals surface area contributed by atoms with Crippen molar-refractivity contribution in [2.24, 2.45) is 0 Å². The minimum atomic E-state index is -0.947. The van der Waals surface area contributed by atoms with Gasteiger partial charge in [0, 0.05) is 29.1 Å². The smallest absolute Gasteiger partial charge is 0.251 e. The highest BCUT2D eigenvalue weighted by Crippen LogP contribution is 2.33. The Morgan fingerprint density at radius 2 is 1.95 bits per heavy atom. The fourth-order valence-electron chi connectivity index (χ4n) is 3.85. The molecule has 0 spiro atoms. The molecule has 0 aliphatic rings. The van der Waals surface area contributed by atoms with Gasteiger partial charge in [-0.3, -0.25) is 4.79 Å². The SMILES string of the molecule is CCCNC(=O)c1ccc(-c2cnc3c(NCC(C)(C)O)cc(Sc4ccc(C)cc4F)nn23)cc1C. The number of rotatable bonds is 9. The van der Waals surface area contributed by atoms with Gasteiger partial charge in [-0.05, 0) is 75.6 Å². The molecule has 1 amide bonds. The first kappa shape index (κ1) is 26.6. The van der Waals surface area contributed by atoms with Crippen LogP contribution in [0, 0.1) is 19.7 Å². The molecule has 9 heteroatoms. The zero-order valence-electron chi connectivity index (χ0n) is 21.7. The molecule has 0 aliphatic heterocycles. The Kier molecular flexibility index (Phi) is 7.85. The van der Waals surface area contributed by atoms with Crippen molar-refractivity contribution in [1.82, 2.24) is 19.9 Å². The lowest BCUT2D eigenvalue weighted by Gasteiger charge is -2.19. The van der Waals surface area contributed by atoms with E-state index in [1.165, 1.54) is 17.8 Å². The second kappa shape index (κ2) is 10.9. The van der Waals surface area contributed by atoms with Crippen LogP contribution in [0.4, 0.5) is 10.1 Å². The van der Waals surface area contributed by atoms with Crippen LogP contribution in [0.5, 0.6) is 0 Å². The summed E-state index contributed by atoms with van der Waals surface area (Å²) in [7, 11) is 0. The fraction of sp³-hybridized carbons (Fsp3) is 0.321. The predicted molar refractivity (Wildman–Crippen MR) is 146 cm³/mol. The van der Waals surface area contributed by atoms with Crippen molar-refractivity contribution >= 4 is 29.0 Å². The summed E-state index contributed by atoms with van der Waals surface area (Å²) in [6.45, 7) is 10.1. The average molecular weight is 522 g/mol. The maximum Gasteiger partial charge on any atom is 0.251 e. The van der Waals surface area contributed by atoms with Crippen LogP contribution in [0.1, 0.15) is 48.7 Å². The first-order valence-electron chi connectivity index (χ1n) is 12.2. The van der Waals surface area contributed by atoms with E-state index in [4.69, 9.17) is 5.10 Å². The van der Waals surface area contributed by atoms with E-state index in [0.717, 1.165) is 28.8 Å². The van der Waals surface area contributed by atoms with Crippen LogP contribution in [0.2, 0.25) is 0 Å². The summed E-state index contributed by atoms with van der Waals surface area (Å²) in [5.74, 6) is -0.407. The average Bonchev–Trinajstić information content (AvgIpc) is 3.26. The normalized spacial score (nSPS) is 11.6. The van der Waals surface area contributed by atoms with E-state index in [-0.39, 0.29) is 11.7 Å². The van der Waals surface area contributed by atoms with Gasteiger partial charge in [0.15, 0.2) is 5.65 Å². The second-order valence-electron chi connectivity index (χ2n) is 9.76. The number of halogens is 1. The van der Waals surface area contributed by atoms with Gasteiger partial charge in [-0.1, -0.05) is 30.8 Å². The minimum Gasteiger partial charge on any atom is -0.389 e. The number of nitrogens with one attached hydrogen (secondary N) is 2. The number of nitrogens with zero attached hydrogens (tertiary/aromatic N) is 3. The lowest BCUT2D eigenvalue weighted by Crippen LogP contribution is -2.29. The molecule has 194 valence electrons. The molecule has 2 aromatic heterocycles. The van der Waals surface area contributed by atoms with Crippen molar-refractivity contribution in [3.8, 4) is 11.3 Å². The molecule has 0 radical (unpaired) electrons. The van der Waals surface area contributed by atoms with E-state index in [9.17, 15) is 14.3 Å². The number of hydrogen-bond acceptors (Lipinski definition) is 6. The Balaban J connectivity index is 1.77. The third kappa shape index (κ3) is 6.29. The highest BCUT2D eigenvalue weighted by Gasteiger charge is 2.19. The zero-order chi connectivity index (χ0) is 26.7. The molecule has 4 aromatic rings. The third-order valence-electron chi connectivity index (χ3n) is 5.76. The highest BCUT2D eigenvalue weighted by atomic mass is 32.2. The molecule has 0 unspecified atom stereocenters. The molecule has 3 N–H and O–H groups in total. The van der Waals surface area contributed by atoms with Crippen molar-refractivity contribution in [2.45, 2.75) is 56.6 Å². The van der Waals surface area contributed by atoms with Crippen molar-refractivity contribution in [1.29, 1.82) is 0 Å². The predicted octanol–water partition coefficient (Wildman–Crippen LogP) is 5.63. The molecule has 7 nitrogen and oxygen atoms in total. The van der Waals surface area contributed by atoms with Gasteiger partial charge >= 0.3 is 0 Å². The summed E-state index contributed by atoms with van der Waals surface area (Å²) >= 11 is 1.22. The molecule has 0 saturated carbocycles. The van der Waals surface area contributed by atoms with E-state index in [0.29, 0.717) is 39.9 Å². The van der Waals surface area contributed by atoms with Gasteiger partial charge in [-0.15, -0.1) is 0 Å². The summed E-state index contributed by atoms with van der Waals surface area (Å²) < 4.78 is 16.3. The number of anilines is 1. The topological polar surface area (TPSA) is 91.5 Å². The molecule has 0 atom stereocenters. The number of hydrogen-bond donors (Lipinski definition) is 3. The number of benzene rings is 2. The van der Waals surface area contributed by atoms with Crippen LogP contribution in [0.3, 0.4) is 0 Å². The lowest BCUT2D eigenvalue weighted by atomic mass is 10.0. The lowest BCUT2D eigenvalue weighted by molar-refractivity contribution is 0.0941. The summed E-state index contributed by atoms with van der Waals surface area (Å²) in [5.41, 5.74) is 4.19. The van der Waals surface area contributed by atoms with E-state index in [2.05, 4.69) is 15.6 Å². The minimum absolute atomic E-state index is 0.0981. The van der Waals surface area contributed by atoms with Crippen molar-refractivity contribution in [3.05, 3.63) is 71.2 Å². The van der Waals surface area contributed by atoms with Crippen LogP contribution in [-0.4, -0.2) is 44.3 Å². The first-order valence-corrected chi connectivity index (χ1v) is 13.1. The highest BCUT2D eigenvalue weighted by molar-refractivity contribution is 7.99. The van der Waals surface area contributed by atoms with E-state index in [1.54, 1.807) is 30.6 Å². The van der Waals surface area contributed by atoms with Crippen LogP contribution in [-0.2, 0) is 0 Å². The Morgan fingerprint density at radius 3 is 2.62 bits per heavy atom. The molecule has 2 heterocycles. The maximum atomic E-state index is 14.6. The third-order valence-corrected chi connectivity index (χ3v) is 6.72. The van der Waals surface area contributed by atoms with Crippen LogP contribution in [0.15, 0.2) is 58.6 Å². The van der Waals surface area contributed by atoms with Crippen molar-refractivity contribution < 1.29 is 14.3 Å². The van der Waals surface area contributed by atoms with E-state index >= 15 is 0 Å². The zero-order valence-corrected chi connectivity index (χ0v) is 22.5. The van der Waals surface area contributed by atoms with Crippen LogP contribution < -0.4 is 10.6 Å². The summed E-state index contributed by atoms with van der Waals surface area (Å²) in [5, 5.41) is 21.8. The number of fused-ring (bicyclic) bond motifs is 1. The van der Waals surface area contributed by atoms with E-state index in [1.807, 2.05) is 51.1 Å². The molecule has 0 aliphatic carbocycles. The number of carbonyl (C=O) groups is 1. The summed E-state index contributed by atoms with van der Waals surface area (Å²) in [6, 6.07) is 12.5. The number of aromatic nitrogens is 3. The van der Waals surface area contributed by atoms with Gasteiger partial charge in [0.1, 0.15) is 10.8 Å². The van der Waals surface area contributed by atoms with Crippen molar-refractivity contribution in [2.75, 3.05) is 18.4 Å². The number of imidazole rings is 1. The standard InChI is InChI=1S/C28H32FN5O2S/c1-6-11-30-27(35)20-9-8-19(13-18(20)3)23-15-31-26-22(32-16-28(4,5)36)14-25(33-34(23)26)37-24-10-7-17(2)12-21(24)29/h7-10,12-15,32,36H,6,11,16H2,1-5H3,(H,30,35). The van der Waals surface area contributed by atoms with Gasteiger partial charge in [-0.25, -0.2) is 13.9 Å². The maximum absolute atomic E-state index is 14.6. The molecule has 0 bridgehead atoms. The molecule has 0 fully saturated rings. The number of amides is 1. The quantitative estimate of drug-likeness (QED) is 0.265. The molecule has 0 saturated heterocycles. The van der Waals surface area contributed by atoms with Gasteiger partial charge in [0.05, 0.1) is 23.2 Å². The molecular formula is C28H32FN5O2S.